The van der Waals surface area contributed by atoms with Crippen molar-refractivity contribution in [3.8, 4) is 33.6 Å². The molecule has 2 N–H and O–H groups in total. The third kappa shape index (κ3) is 2.76. The van der Waals surface area contributed by atoms with E-state index in [9.17, 15) is 5.11 Å². The molecule has 1 atom stereocenters. The Hall–Kier alpha value is -3.36. The molecule has 0 bridgehead atoms. The minimum atomic E-state index is -0.768. The zero-order chi connectivity index (χ0) is 20.1. The Labute approximate surface area is 175 Å². The van der Waals surface area contributed by atoms with Gasteiger partial charge in [0.25, 0.3) is 0 Å². The predicted molar refractivity (Wildman–Crippen MR) is 110 cm³/mol. The van der Waals surface area contributed by atoms with Gasteiger partial charge in [-0.25, -0.2) is 0 Å². The Balaban J connectivity index is 1.46. The van der Waals surface area contributed by atoms with E-state index in [4.69, 9.17) is 14.2 Å². The summed E-state index contributed by atoms with van der Waals surface area (Å²) < 4.78 is 17.2. The summed E-state index contributed by atoms with van der Waals surface area (Å²) in [6.45, 7) is 0.214. The van der Waals surface area contributed by atoms with Crippen molar-refractivity contribution in [2.75, 3.05) is 6.79 Å². The average Bonchev–Trinajstić information content (AvgIpc) is 3.51. The van der Waals surface area contributed by atoms with Crippen LogP contribution in [0.1, 0.15) is 27.7 Å². The van der Waals surface area contributed by atoms with Crippen molar-refractivity contribution < 1.29 is 19.3 Å². The Morgan fingerprint density at radius 2 is 2.07 bits per heavy atom. The molecule has 1 aliphatic carbocycles. The largest absolute Gasteiger partial charge is 0.454 e. The van der Waals surface area contributed by atoms with Crippen LogP contribution >= 0.6 is 11.3 Å². The van der Waals surface area contributed by atoms with Crippen LogP contribution in [0, 0.1) is 0 Å². The first kappa shape index (κ1) is 17.5. The van der Waals surface area contributed by atoms with E-state index in [0.29, 0.717) is 22.3 Å². The number of aromatic nitrogens is 3. The number of benzene rings is 1. The maximum Gasteiger partial charge on any atom is 0.231 e. The smallest absolute Gasteiger partial charge is 0.231 e. The monoisotopic (exact) mass is 419 g/mol. The Bertz CT molecular complexity index is 1230. The summed E-state index contributed by atoms with van der Waals surface area (Å²) in [4.78, 5) is 5.02. The topological polar surface area (TPSA) is 89.5 Å². The molecule has 0 amide bonds. The SMILES string of the molecule is OC(c1cccnc1)c1sc(Oc2ccc3c(c2)OCO3)c2c1CCc1cn[nH]c1-2. The van der Waals surface area contributed by atoms with Gasteiger partial charge < -0.3 is 19.3 Å². The number of thiophene rings is 1. The summed E-state index contributed by atoms with van der Waals surface area (Å²) in [5.41, 5.74) is 4.91. The first-order valence-electron chi connectivity index (χ1n) is 9.61. The molecule has 0 saturated heterocycles. The van der Waals surface area contributed by atoms with Crippen molar-refractivity contribution >= 4 is 11.3 Å². The van der Waals surface area contributed by atoms with Crippen LogP contribution in [0.5, 0.6) is 22.3 Å². The van der Waals surface area contributed by atoms with Crippen LogP contribution in [0.2, 0.25) is 0 Å². The Morgan fingerprint density at radius 1 is 1.13 bits per heavy atom. The first-order valence-corrected chi connectivity index (χ1v) is 10.4. The summed E-state index contributed by atoms with van der Waals surface area (Å²) >= 11 is 1.45. The molecule has 8 heteroatoms. The lowest BCUT2D eigenvalue weighted by Crippen LogP contribution is -2.06. The van der Waals surface area contributed by atoms with Crippen LogP contribution in [0.15, 0.2) is 48.9 Å². The molecule has 1 unspecified atom stereocenters. The van der Waals surface area contributed by atoms with Crippen molar-refractivity contribution in [2.24, 2.45) is 0 Å². The van der Waals surface area contributed by atoms with Crippen LogP contribution in [-0.2, 0) is 12.8 Å². The second kappa shape index (κ2) is 6.86. The third-order valence-corrected chi connectivity index (χ3v) is 6.58. The molecule has 3 aromatic heterocycles. The maximum absolute atomic E-state index is 11.1. The molecule has 150 valence electrons. The van der Waals surface area contributed by atoms with Crippen LogP contribution in [0.3, 0.4) is 0 Å². The zero-order valence-electron chi connectivity index (χ0n) is 15.8. The summed E-state index contributed by atoms with van der Waals surface area (Å²) in [6, 6.07) is 9.23. The van der Waals surface area contributed by atoms with Gasteiger partial charge in [-0.1, -0.05) is 17.4 Å². The fraction of sp³-hybridized carbons (Fsp3) is 0.182. The normalized spacial score (nSPS) is 14.8. The molecule has 0 fully saturated rings. The summed E-state index contributed by atoms with van der Waals surface area (Å²) in [5.74, 6) is 2.02. The van der Waals surface area contributed by atoms with Gasteiger partial charge in [0.15, 0.2) is 16.6 Å². The number of aliphatic hydroxyl groups is 1. The number of aliphatic hydroxyl groups excluding tert-OH is 1. The quantitative estimate of drug-likeness (QED) is 0.514. The van der Waals surface area contributed by atoms with E-state index in [1.54, 1.807) is 12.4 Å². The van der Waals surface area contributed by atoms with Gasteiger partial charge in [0.2, 0.25) is 6.79 Å². The second-order valence-electron chi connectivity index (χ2n) is 7.18. The first-order chi connectivity index (χ1) is 14.8. The van der Waals surface area contributed by atoms with Crippen molar-refractivity contribution in [3.63, 3.8) is 0 Å². The van der Waals surface area contributed by atoms with E-state index in [1.165, 1.54) is 11.3 Å². The van der Waals surface area contributed by atoms with Crippen molar-refractivity contribution in [1.82, 2.24) is 15.2 Å². The molecular weight excluding hydrogens is 402 g/mol. The number of nitrogens with one attached hydrogen (secondary N) is 1. The van der Waals surface area contributed by atoms with Crippen molar-refractivity contribution in [3.05, 3.63) is 70.5 Å². The fourth-order valence-electron chi connectivity index (χ4n) is 3.97. The highest BCUT2D eigenvalue weighted by molar-refractivity contribution is 7.14. The Morgan fingerprint density at radius 3 is 2.97 bits per heavy atom. The lowest BCUT2D eigenvalue weighted by molar-refractivity contribution is 0.174. The number of nitrogens with zero attached hydrogens (tertiary/aromatic N) is 2. The number of aromatic amines is 1. The van der Waals surface area contributed by atoms with Gasteiger partial charge in [-0.05, 0) is 42.2 Å². The number of hydrogen-bond acceptors (Lipinski definition) is 7. The Kier molecular flexibility index (Phi) is 4.00. The van der Waals surface area contributed by atoms with E-state index < -0.39 is 6.10 Å². The van der Waals surface area contributed by atoms with E-state index in [-0.39, 0.29) is 6.79 Å². The molecule has 4 aromatic rings. The molecule has 6 rings (SSSR count). The lowest BCUT2D eigenvalue weighted by atomic mass is 9.90. The molecule has 4 heterocycles. The van der Waals surface area contributed by atoms with Gasteiger partial charge in [-0.15, -0.1) is 0 Å². The van der Waals surface area contributed by atoms with Crippen LogP contribution in [0.4, 0.5) is 0 Å². The number of fused-ring (bicyclic) bond motifs is 4. The number of rotatable bonds is 4. The van der Waals surface area contributed by atoms with Crippen molar-refractivity contribution in [1.29, 1.82) is 0 Å². The van der Waals surface area contributed by atoms with Gasteiger partial charge in [0.05, 0.1) is 17.5 Å². The highest BCUT2D eigenvalue weighted by Crippen LogP contribution is 2.51. The van der Waals surface area contributed by atoms with E-state index in [0.717, 1.165) is 45.7 Å². The molecule has 1 aliphatic heterocycles. The summed E-state index contributed by atoms with van der Waals surface area (Å²) in [6.07, 6.45) is 6.17. The van der Waals surface area contributed by atoms with Gasteiger partial charge in [0.1, 0.15) is 11.9 Å². The number of H-pyrrole nitrogens is 1. The maximum atomic E-state index is 11.1. The zero-order valence-corrected chi connectivity index (χ0v) is 16.6. The van der Waals surface area contributed by atoms with Crippen LogP contribution in [-0.4, -0.2) is 27.1 Å². The molecule has 1 aromatic carbocycles. The molecule has 2 aliphatic rings. The van der Waals surface area contributed by atoms with Gasteiger partial charge >= 0.3 is 0 Å². The van der Waals surface area contributed by atoms with E-state index >= 15 is 0 Å². The number of hydrogen-bond donors (Lipinski definition) is 2. The fourth-order valence-corrected chi connectivity index (χ4v) is 5.21. The molecule has 0 radical (unpaired) electrons. The summed E-state index contributed by atoms with van der Waals surface area (Å²) in [5, 5.41) is 19.2. The van der Waals surface area contributed by atoms with Crippen molar-refractivity contribution in [2.45, 2.75) is 18.9 Å². The van der Waals surface area contributed by atoms with Gasteiger partial charge in [0, 0.05) is 28.9 Å². The van der Waals surface area contributed by atoms with Crippen LogP contribution < -0.4 is 14.2 Å². The van der Waals surface area contributed by atoms with Gasteiger partial charge in [-0.2, -0.15) is 5.10 Å². The highest BCUT2D eigenvalue weighted by atomic mass is 32.1. The number of pyridine rings is 1. The number of ether oxygens (including phenoxy) is 3. The number of aryl methyl sites for hydroxylation is 1. The van der Waals surface area contributed by atoms with Crippen LogP contribution in [0.25, 0.3) is 11.3 Å². The molecule has 30 heavy (non-hydrogen) atoms. The molecule has 7 nitrogen and oxygen atoms in total. The minimum Gasteiger partial charge on any atom is -0.454 e. The lowest BCUT2D eigenvalue weighted by Gasteiger charge is -2.16. The molecule has 0 spiro atoms. The standard InChI is InChI=1S/C22H17N3O4S/c26-20(13-2-1-7-23-9-13)21-15-5-3-12-10-24-25-19(12)18(15)22(30-21)29-14-4-6-16-17(8-14)28-11-27-16/h1-2,4,6-10,20,26H,3,5,11H2,(H,24,25). The molecular formula is C22H17N3O4S. The highest BCUT2D eigenvalue weighted by Gasteiger charge is 2.31. The van der Waals surface area contributed by atoms with E-state index in [1.807, 2.05) is 36.5 Å². The van der Waals surface area contributed by atoms with Gasteiger partial charge in [-0.3, -0.25) is 10.1 Å². The predicted octanol–water partition coefficient (Wildman–Crippen LogP) is 4.23. The summed E-state index contributed by atoms with van der Waals surface area (Å²) in [7, 11) is 0. The molecule has 0 saturated carbocycles. The third-order valence-electron chi connectivity index (χ3n) is 5.42. The van der Waals surface area contributed by atoms with E-state index in [2.05, 4.69) is 15.2 Å². The average molecular weight is 419 g/mol. The second-order valence-corrected chi connectivity index (χ2v) is 8.20. The minimum absolute atomic E-state index is 0.214.